The summed E-state index contributed by atoms with van der Waals surface area (Å²) in [6, 6.07) is 2.64. The zero-order valence-electron chi connectivity index (χ0n) is 9.64. The topological polar surface area (TPSA) is 50.9 Å². The molecule has 0 aliphatic rings. The van der Waals surface area contributed by atoms with E-state index in [2.05, 4.69) is 10.4 Å². The number of nitrogens with zero attached hydrogens (tertiary/aromatic N) is 1. The average molecular weight is 254 g/mol. The number of rotatable bonds is 2. The first-order valence-electron chi connectivity index (χ1n) is 5.33. The Morgan fingerprint density at radius 2 is 2.18 bits per heavy atom. The smallest absolute Gasteiger partial charge is 0.125 e. The number of nitrogens with one attached hydrogen (secondary N) is 1. The van der Waals surface area contributed by atoms with Gasteiger partial charge in [-0.2, -0.15) is 0 Å². The molecule has 5 heteroatoms. The molecule has 0 fully saturated rings. The average Bonchev–Trinajstić information content (AvgIpc) is 2.28. The van der Waals surface area contributed by atoms with E-state index in [9.17, 15) is 4.39 Å². The molecule has 0 saturated heterocycles. The first-order valence-corrected chi connectivity index (χ1v) is 5.71. The van der Waals surface area contributed by atoms with Crippen LogP contribution in [0.5, 0.6) is 0 Å². The van der Waals surface area contributed by atoms with E-state index in [1.165, 1.54) is 12.1 Å². The van der Waals surface area contributed by atoms with Crippen molar-refractivity contribution in [3.05, 3.63) is 34.2 Å². The molecule has 0 atom stereocenters. The standard InChI is InChI=1S/C12H13ClFN3/c1-3-10-6(2)11(17-15)8-4-7(14)5-9(13)12(8)16-10/h4-5H,3,15H2,1-2H3,(H,16,17). The molecule has 1 aromatic heterocycles. The number of pyridine rings is 1. The number of benzene rings is 1. The zero-order chi connectivity index (χ0) is 12.6. The molecule has 3 nitrogen and oxygen atoms in total. The lowest BCUT2D eigenvalue weighted by Gasteiger charge is -2.13. The molecule has 0 radical (unpaired) electrons. The summed E-state index contributed by atoms with van der Waals surface area (Å²) in [7, 11) is 0. The van der Waals surface area contributed by atoms with E-state index in [-0.39, 0.29) is 0 Å². The van der Waals surface area contributed by atoms with Gasteiger partial charge in [-0.05, 0) is 31.0 Å². The molecule has 0 saturated carbocycles. The van der Waals surface area contributed by atoms with Crippen molar-refractivity contribution in [3.63, 3.8) is 0 Å². The molecule has 0 spiro atoms. The molecule has 0 aliphatic carbocycles. The summed E-state index contributed by atoms with van der Waals surface area (Å²) in [6.45, 7) is 3.90. The lowest BCUT2D eigenvalue weighted by molar-refractivity contribution is 0.629. The van der Waals surface area contributed by atoms with Crippen LogP contribution in [0, 0.1) is 12.7 Å². The minimum Gasteiger partial charge on any atom is -0.323 e. The van der Waals surface area contributed by atoms with Gasteiger partial charge in [-0.15, -0.1) is 0 Å². The van der Waals surface area contributed by atoms with Crippen molar-refractivity contribution in [2.24, 2.45) is 5.84 Å². The molecule has 2 rings (SSSR count). The molecule has 1 aromatic carbocycles. The summed E-state index contributed by atoms with van der Waals surface area (Å²) in [5.41, 5.74) is 5.67. The highest BCUT2D eigenvalue weighted by atomic mass is 35.5. The van der Waals surface area contributed by atoms with Gasteiger partial charge < -0.3 is 5.43 Å². The van der Waals surface area contributed by atoms with Gasteiger partial charge in [0.1, 0.15) is 5.82 Å². The van der Waals surface area contributed by atoms with Gasteiger partial charge >= 0.3 is 0 Å². The number of hydrogen-bond acceptors (Lipinski definition) is 3. The molecular formula is C12H13ClFN3. The second-order valence-corrected chi connectivity index (χ2v) is 4.25. The number of fused-ring (bicyclic) bond motifs is 1. The van der Waals surface area contributed by atoms with E-state index in [0.717, 1.165) is 17.7 Å². The van der Waals surface area contributed by atoms with Crippen LogP contribution in [0.4, 0.5) is 10.1 Å². The molecule has 0 unspecified atom stereocenters. The third-order valence-electron chi connectivity index (χ3n) is 2.83. The van der Waals surface area contributed by atoms with E-state index in [0.29, 0.717) is 21.6 Å². The van der Waals surface area contributed by atoms with E-state index < -0.39 is 5.82 Å². The van der Waals surface area contributed by atoms with Crippen molar-refractivity contribution in [2.75, 3.05) is 5.43 Å². The Morgan fingerprint density at radius 1 is 1.47 bits per heavy atom. The normalized spacial score (nSPS) is 10.9. The molecular weight excluding hydrogens is 241 g/mol. The molecule has 0 aliphatic heterocycles. The quantitative estimate of drug-likeness (QED) is 0.638. The Labute approximate surface area is 104 Å². The maximum Gasteiger partial charge on any atom is 0.125 e. The molecule has 2 aromatic rings. The lowest BCUT2D eigenvalue weighted by Crippen LogP contribution is -2.11. The van der Waals surface area contributed by atoms with Crippen LogP contribution in [0.25, 0.3) is 10.9 Å². The summed E-state index contributed by atoms with van der Waals surface area (Å²) >= 11 is 6.00. The maximum absolute atomic E-state index is 13.3. The number of nitrogens with two attached hydrogens (primary N) is 1. The predicted molar refractivity (Wildman–Crippen MR) is 68.6 cm³/mol. The van der Waals surface area contributed by atoms with Crippen molar-refractivity contribution in [2.45, 2.75) is 20.3 Å². The number of hydrogen-bond donors (Lipinski definition) is 2. The van der Waals surface area contributed by atoms with Crippen LogP contribution in [0.2, 0.25) is 5.02 Å². The molecule has 0 bridgehead atoms. The van der Waals surface area contributed by atoms with Crippen molar-refractivity contribution >= 4 is 28.2 Å². The van der Waals surface area contributed by atoms with Gasteiger partial charge in [0.15, 0.2) is 0 Å². The molecule has 17 heavy (non-hydrogen) atoms. The van der Waals surface area contributed by atoms with Gasteiger partial charge in [-0.25, -0.2) is 4.39 Å². The molecule has 3 N–H and O–H groups in total. The Kier molecular flexibility index (Phi) is 3.17. The number of nitrogen functional groups attached to an aromatic ring is 1. The van der Waals surface area contributed by atoms with E-state index in [4.69, 9.17) is 17.4 Å². The fourth-order valence-corrected chi connectivity index (χ4v) is 2.21. The summed E-state index contributed by atoms with van der Waals surface area (Å²) in [4.78, 5) is 4.45. The fraction of sp³-hybridized carbons (Fsp3) is 0.250. The van der Waals surface area contributed by atoms with Gasteiger partial charge in [0.2, 0.25) is 0 Å². The Bertz CT molecular complexity index is 584. The Balaban J connectivity index is 2.92. The van der Waals surface area contributed by atoms with Gasteiger partial charge in [0, 0.05) is 11.1 Å². The highest BCUT2D eigenvalue weighted by molar-refractivity contribution is 6.35. The summed E-state index contributed by atoms with van der Waals surface area (Å²) in [5.74, 6) is 5.10. The SMILES string of the molecule is CCc1nc2c(Cl)cc(F)cc2c(NN)c1C. The van der Waals surface area contributed by atoms with Crippen molar-refractivity contribution in [1.29, 1.82) is 0 Å². The van der Waals surface area contributed by atoms with E-state index in [1.807, 2.05) is 13.8 Å². The highest BCUT2D eigenvalue weighted by Crippen LogP contribution is 2.32. The van der Waals surface area contributed by atoms with Crippen LogP contribution < -0.4 is 11.3 Å². The van der Waals surface area contributed by atoms with Crippen molar-refractivity contribution in [3.8, 4) is 0 Å². The molecule has 90 valence electrons. The number of aromatic nitrogens is 1. The van der Waals surface area contributed by atoms with Crippen molar-refractivity contribution < 1.29 is 4.39 Å². The minimum atomic E-state index is -0.399. The first kappa shape index (κ1) is 12.1. The van der Waals surface area contributed by atoms with Gasteiger partial charge in [-0.3, -0.25) is 10.8 Å². The summed E-state index contributed by atoms with van der Waals surface area (Å²) in [5, 5.41) is 0.901. The minimum absolute atomic E-state index is 0.297. The molecule has 1 heterocycles. The molecule has 0 amide bonds. The number of hydrazine groups is 1. The summed E-state index contributed by atoms with van der Waals surface area (Å²) < 4.78 is 13.3. The van der Waals surface area contributed by atoms with E-state index >= 15 is 0 Å². The van der Waals surface area contributed by atoms with Crippen LogP contribution in [0.1, 0.15) is 18.2 Å². The van der Waals surface area contributed by atoms with Crippen LogP contribution >= 0.6 is 11.6 Å². The number of anilines is 1. The van der Waals surface area contributed by atoms with Crippen LogP contribution in [0.3, 0.4) is 0 Å². The third-order valence-corrected chi connectivity index (χ3v) is 3.12. The monoisotopic (exact) mass is 253 g/mol. The number of aryl methyl sites for hydroxylation is 1. The summed E-state index contributed by atoms with van der Waals surface area (Å²) in [6.07, 6.45) is 0.768. The Hall–Kier alpha value is -1.39. The van der Waals surface area contributed by atoms with Gasteiger partial charge in [0.25, 0.3) is 0 Å². The maximum atomic E-state index is 13.3. The second kappa shape index (κ2) is 4.47. The lowest BCUT2D eigenvalue weighted by atomic mass is 10.1. The van der Waals surface area contributed by atoms with E-state index in [1.54, 1.807) is 0 Å². The predicted octanol–water partition coefficient (Wildman–Crippen LogP) is 3.18. The largest absolute Gasteiger partial charge is 0.323 e. The van der Waals surface area contributed by atoms with Crippen LogP contribution in [-0.2, 0) is 6.42 Å². The van der Waals surface area contributed by atoms with Crippen LogP contribution in [-0.4, -0.2) is 4.98 Å². The van der Waals surface area contributed by atoms with Crippen LogP contribution in [0.15, 0.2) is 12.1 Å². The first-order chi connectivity index (χ1) is 8.08. The fourth-order valence-electron chi connectivity index (χ4n) is 1.97. The second-order valence-electron chi connectivity index (χ2n) is 3.84. The van der Waals surface area contributed by atoms with Gasteiger partial charge in [0.05, 0.1) is 16.2 Å². The highest BCUT2D eigenvalue weighted by Gasteiger charge is 2.13. The zero-order valence-corrected chi connectivity index (χ0v) is 10.4. The Morgan fingerprint density at radius 3 is 2.76 bits per heavy atom. The van der Waals surface area contributed by atoms with Crippen molar-refractivity contribution in [1.82, 2.24) is 4.98 Å². The van der Waals surface area contributed by atoms with Gasteiger partial charge in [-0.1, -0.05) is 18.5 Å². The third kappa shape index (κ3) is 1.94. The number of halogens is 2.